The summed E-state index contributed by atoms with van der Waals surface area (Å²) in [6.07, 6.45) is 0. The predicted molar refractivity (Wildman–Crippen MR) is 126 cm³/mol. The van der Waals surface area contributed by atoms with Crippen molar-refractivity contribution in [3.63, 3.8) is 0 Å². The van der Waals surface area contributed by atoms with Gasteiger partial charge in [-0.1, -0.05) is 30.3 Å². The van der Waals surface area contributed by atoms with Crippen molar-refractivity contribution in [1.82, 2.24) is 0 Å². The van der Waals surface area contributed by atoms with Crippen LogP contribution in [0, 0.1) is 6.57 Å². The number of hydrogen-bond acceptors (Lipinski definition) is 5. The van der Waals surface area contributed by atoms with E-state index in [1.54, 1.807) is 12.1 Å². The summed E-state index contributed by atoms with van der Waals surface area (Å²) in [6, 6.07) is 23.3. The van der Waals surface area contributed by atoms with Crippen molar-refractivity contribution >= 4 is 23.0 Å². The number of nitrogens with zero attached hydrogens (tertiary/aromatic N) is 3. The first-order valence-electron chi connectivity index (χ1n) is 10.5. The van der Waals surface area contributed by atoms with Crippen LogP contribution in [0.4, 0.5) is 17.1 Å². The third kappa shape index (κ3) is 4.84. The lowest BCUT2D eigenvalue weighted by Crippen LogP contribution is -2.46. The summed E-state index contributed by atoms with van der Waals surface area (Å²) in [7, 11) is 1.39. The zero-order chi connectivity index (χ0) is 22.3. The van der Waals surface area contributed by atoms with Gasteiger partial charge in [0, 0.05) is 37.6 Å². The van der Waals surface area contributed by atoms with E-state index in [0.717, 1.165) is 43.1 Å². The maximum atomic E-state index is 11.6. The van der Waals surface area contributed by atoms with E-state index in [9.17, 15) is 4.79 Å². The molecule has 6 nitrogen and oxygen atoms in total. The number of rotatable bonds is 6. The molecule has 1 heterocycles. The quantitative estimate of drug-likeness (QED) is 0.412. The molecule has 0 atom stereocenters. The van der Waals surface area contributed by atoms with Gasteiger partial charge in [0.05, 0.1) is 19.2 Å². The topological polar surface area (TPSA) is 46.4 Å². The molecule has 1 aliphatic heterocycles. The molecular weight excluding hydrogens is 402 g/mol. The first-order valence-corrected chi connectivity index (χ1v) is 10.5. The highest BCUT2D eigenvalue weighted by Crippen LogP contribution is 2.33. The van der Waals surface area contributed by atoms with Crippen molar-refractivity contribution in [2.45, 2.75) is 6.61 Å². The minimum atomic E-state index is -0.326. The van der Waals surface area contributed by atoms with Crippen LogP contribution in [-0.4, -0.2) is 39.3 Å². The largest absolute Gasteiger partial charge is 0.500 e. The summed E-state index contributed by atoms with van der Waals surface area (Å²) in [5, 5.41) is 0. The Hall–Kier alpha value is -3.98. The number of ether oxygens (including phenoxy) is 2. The zero-order valence-corrected chi connectivity index (χ0v) is 18.0. The van der Waals surface area contributed by atoms with Crippen LogP contribution in [0.3, 0.4) is 0 Å². The molecular formula is C26H25N3O3. The molecule has 0 spiro atoms. The molecule has 32 heavy (non-hydrogen) atoms. The van der Waals surface area contributed by atoms with Gasteiger partial charge in [-0.3, -0.25) is 0 Å². The molecule has 0 unspecified atom stereocenters. The fraction of sp³-hybridized carbons (Fsp3) is 0.231. The highest BCUT2D eigenvalue weighted by atomic mass is 16.5. The minimum Gasteiger partial charge on any atom is -0.500 e. The fourth-order valence-corrected chi connectivity index (χ4v) is 3.80. The maximum Gasteiger partial charge on any atom is 0.337 e. The Morgan fingerprint density at radius 1 is 0.906 bits per heavy atom. The van der Waals surface area contributed by atoms with Gasteiger partial charge in [0.1, 0.15) is 12.4 Å². The molecule has 0 saturated carbocycles. The summed E-state index contributed by atoms with van der Waals surface area (Å²) in [5.41, 5.74) is 4.27. The standard InChI is InChI=1S/C26H25N3O3/c1-27-24-18-23(12-13-25(24)32-19-20-6-4-3-5-7-20)29-16-14-28(15-17-29)22-10-8-21(9-11-22)26(30)31-2/h3-13,18H,14-17,19H2,2H3. The molecule has 0 radical (unpaired) electrons. The van der Waals surface area contributed by atoms with E-state index < -0.39 is 0 Å². The lowest BCUT2D eigenvalue weighted by Gasteiger charge is -2.37. The number of carbonyl (C=O) groups is 1. The van der Waals surface area contributed by atoms with Crippen molar-refractivity contribution in [3.05, 3.63) is 95.3 Å². The predicted octanol–water partition coefficient (Wildman–Crippen LogP) is 4.93. The van der Waals surface area contributed by atoms with E-state index in [2.05, 4.69) is 14.6 Å². The van der Waals surface area contributed by atoms with Crippen LogP contribution in [-0.2, 0) is 11.3 Å². The molecule has 0 N–H and O–H groups in total. The van der Waals surface area contributed by atoms with Crippen molar-refractivity contribution in [2.24, 2.45) is 0 Å². The van der Waals surface area contributed by atoms with Crippen LogP contribution in [0.25, 0.3) is 4.85 Å². The number of hydrogen-bond donors (Lipinski definition) is 0. The second-order valence-corrected chi connectivity index (χ2v) is 7.55. The number of esters is 1. The third-order valence-electron chi connectivity index (χ3n) is 5.60. The van der Waals surface area contributed by atoms with E-state index in [4.69, 9.17) is 16.0 Å². The van der Waals surface area contributed by atoms with Crippen LogP contribution in [0.1, 0.15) is 15.9 Å². The van der Waals surface area contributed by atoms with Gasteiger partial charge in [-0.25, -0.2) is 9.64 Å². The average Bonchev–Trinajstić information content (AvgIpc) is 2.87. The SMILES string of the molecule is [C-]#[N+]c1cc(N2CCN(c3ccc(C(=O)OC)cc3)CC2)ccc1OCc1ccccc1. The van der Waals surface area contributed by atoms with E-state index in [1.165, 1.54) is 7.11 Å². The summed E-state index contributed by atoms with van der Waals surface area (Å²) in [5.74, 6) is 0.283. The van der Waals surface area contributed by atoms with Crippen LogP contribution in [0.2, 0.25) is 0 Å². The van der Waals surface area contributed by atoms with Gasteiger partial charge in [-0.15, -0.1) is 0 Å². The van der Waals surface area contributed by atoms with Gasteiger partial charge in [0.25, 0.3) is 0 Å². The molecule has 3 aromatic carbocycles. The van der Waals surface area contributed by atoms with Gasteiger partial charge in [0.2, 0.25) is 5.69 Å². The molecule has 4 rings (SSSR count). The molecule has 3 aromatic rings. The Kier molecular flexibility index (Phi) is 6.57. The normalized spacial score (nSPS) is 13.4. The van der Waals surface area contributed by atoms with Crippen molar-refractivity contribution in [3.8, 4) is 5.75 Å². The average molecular weight is 428 g/mol. The maximum absolute atomic E-state index is 11.6. The van der Waals surface area contributed by atoms with E-state index in [-0.39, 0.29) is 5.97 Å². The van der Waals surface area contributed by atoms with Gasteiger partial charge < -0.3 is 19.3 Å². The minimum absolute atomic E-state index is 0.326. The molecule has 0 bridgehead atoms. The van der Waals surface area contributed by atoms with Crippen molar-refractivity contribution < 1.29 is 14.3 Å². The van der Waals surface area contributed by atoms with Crippen LogP contribution in [0.15, 0.2) is 72.8 Å². The lowest BCUT2D eigenvalue weighted by molar-refractivity contribution is 0.0600. The second-order valence-electron chi connectivity index (χ2n) is 7.55. The third-order valence-corrected chi connectivity index (χ3v) is 5.60. The van der Waals surface area contributed by atoms with E-state index in [1.807, 2.05) is 60.7 Å². The molecule has 6 heteroatoms. The van der Waals surface area contributed by atoms with Crippen LogP contribution in [0.5, 0.6) is 5.75 Å². The van der Waals surface area contributed by atoms with Gasteiger partial charge >= 0.3 is 5.97 Å². The Morgan fingerprint density at radius 3 is 2.16 bits per heavy atom. The first-order chi connectivity index (χ1) is 15.7. The molecule has 162 valence electrons. The number of piperazine rings is 1. The van der Waals surface area contributed by atoms with Crippen LogP contribution >= 0.6 is 0 Å². The second kappa shape index (κ2) is 9.88. The van der Waals surface area contributed by atoms with Crippen molar-refractivity contribution in [2.75, 3.05) is 43.1 Å². The fourth-order valence-electron chi connectivity index (χ4n) is 3.80. The Labute approximate surface area is 188 Å². The first kappa shape index (κ1) is 21.3. The number of methoxy groups -OCH3 is 1. The molecule has 1 aliphatic rings. The molecule has 1 saturated heterocycles. The van der Waals surface area contributed by atoms with E-state index >= 15 is 0 Å². The molecule has 0 amide bonds. The zero-order valence-electron chi connectivity index (χ0n) is 18.0. The number of carbonyl (C=O) groups excluding carboxylic acids is 1. The van der Waals surface area contributed by atoms with Gasteiger partial charge in [-0.2, -0.15) is 0 Å². The number of benzene rings is 3. The van der Waals surface area contributed by atoms with Crippen LogP contribution < -0.4 is 14.5 Å². The monoisotopic (exact) mass is 427 g/mol. The van der Waals surface area contributed by atoms with E-state index in [0.29, 0.717) is 23.6 Å². The Morgan fingerprint density at radius 2 is 1.53 bits per heavy atom. The Bertz CT molecular complexity index is 1100. The van der Waals surface area contributed by atoms with Crippen molar-refractivity contribution in [1.29, 1.82) is 0 Å². The summed E-state index contributed by atoms with van der Waals surface area (Å²) < 4.78 is 10.7. The summed E-state index contributed by atoms with van der Waals surface area (Å²) in [4.78, 5) is 19.9. The summed E-state index contributed by atoms with van der Waals surface area (Å²) >= 11 is 0. The highest BCUT2D eigenvalue weighted by molar-refractivity contribution is 5.89. The van der Waals surface area contributed by atoms with Gasteiger partial charge in [-0.05, 0) is 48.0 Å². The number of anilines is 2. The highest BCUT2D eigenvalue weighted by Gasteiger charge is 2.19. The Balaban J connectivity index is 1.38. The smallest absolute Gasteiger partial charge is 0.337 e. The summed E-state index contributed by atoms with van der Waals surface area (Å²) in [6.45, 7) is 11.4. The molecule has 0 aromatic heterocycles. The lowest BCUT2D eigenvalue weighted by atomic mass is 10.1. The molecule has 0 aliphatic carbocycles. The molecule has 1 fully saturated rings. The van der Waals surface area contributed by atoms with Gasteiger partial charge in [0.15, 0.2) is 0 Å².